The number of halogens is 1. The average Bonchev–Trinajstić information content (AvgIpc) is 3.29. The van der Waals surface area contributed by atoms with Gasteiger partial charge in [0.25, 0.3) is 0 Å². The maximum Gasteiger partial charge on any atom is 0.249 e. The van der Waals surface area contributed by atoms with Crippen LogP contribution in [0, 0.1) is 5.82 Å². The molecule has 3 heterocycles. The number of carbonyl (C=O) groups is 1. The van der Waals surface area contributed by atoms with Crippen LogP contribution in [0.4, 0.5) is 4.39 Å². The normalized spacial score (nSPS) is 22.6. The van der Waals surface area contributed by atoms with Crippen LogP contribution >= 0.6 is 0 Å². The summed E-state index contributed by atoms with van der Waals surface area (Å²) in [5.41, 5.74) is 2.11. The first-order valence-corrected chi connectivity index (χ1v) is 8.40. The number of amides is 1. The minimum absolute atomic E-state index is 0.0917. The zero-order chi connectivity index (χ0) is 17.2. The fraction of sp³-hybridized carbons (Fsp3) is 0.471. The van der Waals surface area contributed by atoms with E-state index < -0.39 is 0 Å². The molecule has 132 valence electrons. The van der Waals surface area contributed by atoms with Crippen LogP contribution in [0.15, 0.2) is 24.3 Å². The van der Waals surface area contributed by atoms with Gasteiger partial charge in [0.2, 0.25) is 5.91 Å². The van der Waals surface area contributed by atoms with E-state index in [1.165, 1.54) is 12.1 Å². The van der Waals surface area contributed by atoms with E-state index in [1.54, 1.807) is 16.8 Å². The van der Waals surface area contributed by atoms with Crippen molar-refractivity contribution in [1.82, 2.24) is 20.3 Å². The molecule has 0 saturated carbocycles. The first kappa shape index (κ1) is 16.2. The second-order valence-corrected chi connectivity index (χ2v) is 6.26. The predicted molar refractivity (Wildman–Crippen MR) is 86.0 cm³/mol. The van der Waals surface area contributed by atoms with Crippen LogP contribution < -0.4 is 5.32 Å². The molecular weight excluding hydrogens is 327 g/mol. The third-order valence-corrected chi connectivity index (χ3v) is 4.49. The summed E-state index contributed by atoms with van der Waals surface area (Å²) in [5, 5.41) is 11.2. The van der Waals surface area contributed by atoms with Gasteiger partial charge in [0.15, 0.2) is 0 Å². The van der Waals surface area contributed by atoms with Gasteiger partial charge in [-0.25, -0.2) is 9.07 Å². The topological polar surface area (TPSA) is 78.3 Å². The lowest BCUT2D eigenvalue weighted by atomic mass is 10.1. The number of nitrogens with one attached hydrogen (secondary N) is 1. The number of ether oxygens (including phenoxy) is 2. The third kappa shape index (κ3) is 3.40. The van der Waals surface area contributed by atoms with Crippen LogP contribution in [0.1, 0.15) is 18.5 Å². The summed E-state index contributed by atoms with van der Waals surface area (Å²) < 4.78 is 26.4. The monoisotopic (exact) mass is 346 g/mol. The van der Waals surface area contributed by atoms with E-state index >= 15 is 0 Å². The number of aromatic nitrogens is 3. The van der Waals surface area contributed by atoms with Crippen molar-refractivity contribution in [3.05, 3.63) is 35.8 Å². The van der Waals surface area contributed by atoms with Crippen LogP contribution in [0.2, 0.25) is 0 Å². The zero-order valence-electron chi connectivity index (χ0n) is 13.7. The van der Waals surface area contributed by atoms with Crippen LogP contribution in [0.3, 0.4) is 0 Å². The van der Waals surface area contributed by atoms with Crippen molar-refractivity contribution >= 4 is 5.91 Å². The SMILES string of the molecule is O=C(NC[C@H]1Cn2nnc(-c3cccc(F)c3)c2CO1)[C@H]1CCCO1. The van der Waals surface area contributed by atoms with Crippen molar-refractivity contribution in [3.63, 3.8) is 0 Å². The quantitative estimate of drug-likeness (QED) is 0.902. The highest BCUT2D eigenvalue weighted by Crippen LogP contribution is 2.25. The molecule has 0 bridgehead atoms. The van der Waals surface area contributed by atoms with E-state index in [0.29, 0.717) is 37.6 Å². The largest absolute Gasteiger partial charge is 0.368 e. The summed E-state index contributed by atoms with van der Waals surface area (Å²) in [6, 6.07) is 6.26. The van der Waals surface area contributed by atoms with Crippen molar-refractivity contribution in [2.75, 3.05) is 13.2 Å². The summed E-state index contributed by atoms with van der Waals surface area (Å²) in [6.45, 7) is 1.85. The van der Waals surface area contributed by atoms with Crippen LogP contribution in [0.25, 0.3) is 11.3 Å². The molecule has 0 unspecified atom stereocenters. The number of hydrogen-bond donors (Lipinski definition) is 1. The summed E-state index contributed by atoms with van der Waals surface area (Å²) >= 11 is 0. The van der Waals surface area contributed by atoms with Crippen molar-refractivity contribution < 1.29 is 18.7 Å². The van der Waals surface area contributed by atoms with Crippen LogP contribution in [0.5, 0.6) is 0 Å². The van der Waals surface area contributed by atoms with Gasteiger partial charge in [0, 0.05) is 18.7 Å². The highest BCUT2D eigenvalue weighted by Gasteiger charge is 2.27. The fourth-order valence-corrected chi connectivity index (χ4v) is 3.16. The second-order valence-electron chi connectivity index (χ2n) is 6.26. The summed E-state index contributed by atoms with van der Waals surface area (Å²) in [6.07, 6.45) is 1.16. The number of fused-ring (bicyclic) bond motifs is 1. The van der Waals surface area contributed by atoms with Crippen molar-refractivity contribution in [1.29, 1.82) is 0 Å². The number of carbonyl (C=O) groups excluding carboxylic acids is 1. The van der Waals surface area contributed by atoms with Gasteiger partial charge >= 0.3 is 0 Å². The molecule has 1 aromatic carbocycles. The van der Waals surface area contributed by atoms with Gasteiger partial charge in [0.1, 0.15) is 17.6 Å². The molecule has 0 radical (unpaired) electrons. The fourth-order valence-electron chi connectivity index (χ4n) is 3.16. The van der Waals surface area contributed by atoms with E-state index in [2.05, 4.69) is 15.6 Å². The molecule has 1 aromatic heterocycles. The Morgan fingerprint density at radius 3 is 3.12 bits per heavy atom. The Bertz CT molecular complexity index is 773. The molecule has 1 fully saturated rings. The Labute approximate surface area is 144 Å². The van der Waals surface area contributed by atoms with Crippen molar-refractivity contribution in [2.45, 2.75) is 38.2 Å². The third-order valence-electron chi connectivity index (χ3n) is 4.49. The Kier molecular flexibility index (Phi) is 4.46. The molecule has 2 atom stereocenters. The molecule has 25 heavy (non-hydrogen) atoms. The second kappa shape index (κ2) is 6.89. The van der Waals surface area contributed by atoms with E-state index in [0.717, 1.165) is 18.5 Å². The number of nitrogens with zero attached hydrogens (tertiary/aromatic N) is 3. The molecule has 0 aliphatic carbocycles. The summed E-state index contributed by atoms with van der Waals surface area (Å²) in [7, 11) is 0. The molecule has 2 aliphatic rings. The van der Waals surface area contributed by atoms with E-state index in [-0.39, 0.29) is 23.9 Å². The first-order chi connectivity index (χ1) is 12.2. The molecule has 8 heteroatoms. The minimum Gasteiger partial charge on any atom is -0.368 e. The van der Waals surface area contributed by atoms with Gasteiger partial charge in [-0.05, 0) is 25.0 Å². The molecule has 1 amide bonds. The molecule has 4 rings (SSSR count). The maximum atomic E-state index is 13.4. The Hall–Kier alpha value is -2.32. The van der Waals surface area contributed by atoms with Gasteiger partial charge in [-0.1, -0.05) is 17.3 Å². The zero-order valence-corrected chi connectivity index (χ0v) is 13.7. The molecule has 7 nitrogen and oxygen atoms in total. The lowest BCUT2D eigenvalue weighted by Gasteiger charge is -2.24. The van der Waals surface area contributed by atoms with Crippen molar-refractivity contribution in [2.24, 2.45) is 0 Å². The van der Waals surface area contributed by atoms with E-state index in [9.17, 15) is 9.18 Å². The molecule has 2 aliphatic heterocycles. The van der Waals surface area contributed by atoms with E-state index in [1.807, 2.05) is 0 Å². The van der Waals surface area contributed by atoms with Crippen LogP contribution in [-0.2, 0) is 27.4 Å². The predicted octanol–water partition coefficient (Wildman–Crippen LogP) is 1.28. The number of hydrogen-bond acceptors (Lipinski definition) is 5. The minimum atomic E-state index is -0.342. The highest BCUT2D eigenvalue weighted by atomic mass is 19.1. The van der Waals surface area contributed by atoms with E-state index in [4.69, 9.17) is 9.47 Å². The maximum absolute atomic E-state index is 13.4. The smallest absolute Gasteiger partial charge is 0.249 e. The Morgan fingerprint density at radius 2 is 2.32 bits per heavy atom. The number of rotatable bonds is 4. The number of benzene rings is 1. The van der Waals surface area contributed by atoms with Gasteiger partial charge < -0.3 is 14.8 Å². The molecule has 0 spiro atoms. The standard InChI is InChI=1S/C17H19FN4O3/c18-12-4-1-3-11(7-12)16-14-10-25-13(9-22(14)21-20-16)8-19-17(23)15-5-2-6-24-15/h1,3-4,7,13,15H,2,5-6,8-10H2,(H,19,23)/t13-,15+/m0/s1. The molecular formula is C17H19FN4O3. The van der Waals surface area contributed by atoms with Gasteiger partial charge in [-0.2, -0.15) is 0 Å². The van der Waals surface area contributed by atoms with Gasteiger partial charge in [0.05, 0.1) is 24.9 Å². The molecule has 2 aromatic rings. The van der Waals surface area contributed by atoms with Crippen LogP contribution in [-0.4, -0.2) is 46.3 Å². The highest BCUT2D eigenvalue weighted by molar-refractivity contribution is 5.80. The Morgan fingerprint density at radius 1 is 1.40 bits per heavy atom. The first-order valence-electron chi connectivity index (χ1n) is 8.40. The summed E-state index contributed by atoms with van der Waals surface area (Å²) in [5.74, 6) is -0.406. The lowest BCUT2D eigenvalue weighted by molar-refractivity contribution is -0.131. The molecule has 1 saturated heterocycles. The molecule has 1 N–H and O–H groups in total. The van der Waals surface area contributed by atoms with Gasteiger partial charge in [-0.15, -0.1) is 5.10 Å². The van der Waals surface area contributed by atoms with Gasteiger partial charge in [-0.3, -0.25) is 4.79 Å². The lowest BCUT2D eigenvalue weighted by Crippen LogP contribution is -2.42. The average molecular weight is 346 g/mol. The van der Waals surface area contributed by atoms with Crippen molar-refractivity contribution in [3.8, 4) is 11.3 Å². The Balaban J connectivity index is 1.40. The summed E-state index contributed by atoms with van der Waals surface area (Å²) in [4.78, 5) is 12.0.